The monoisotopic (exact) mass is 312 g/mol. The third-order valence-corrected chi connectivity index (χ3v) is 3.20. The molecule has 2 aromatic carbocycles. The SMILES string of the molecule is CC(=O)Nc1ccc(C(=O)Nc2cc(C(=O)O)ccc2C)cc1. The van der Waals surface area contributed by atoms with Crippen molar-refractivity contribution in [3.63, 3.8) is 0 Å². The summed E-state index contributed by atoms with van der Waals surface area (Å²) >= 11 is 0. The molecule has 2 aromatic rings. The van der Waals surface area contributed by atoms with Crippen molar-refractivity contribution in [1.82, 2.24) is 0 Å². The van der Waals surface area contributed by atoms with E-state index >= 15 is 0 Å². The van der Waals surface area contributed by atoms with Crippen LogP contribution in [0.3, 0.4) is 0 Å². The zero-order valence-electron chi connectivity index (χ0n) is 12.7. The number of amides is 2. The molecule has 2 rings (SSSR count). The number of nitrogens with one attached hydrogen (secondary N) is 2. The molecule has 3 N–H and O–H groups in total. The van der Waals surface area contributed by atoms with E-state index < -0.39 is 5.97 Å². The Balaban J connectivity index is 2.17. The first kappa shape index (κ1) is 16.2. The molecule has 0 bridgehead atoms. The second kappa shape index (κ2) is 6.74. The van der Waals surface area contributed by atoms with Crippen molar-refractivity contribution in [1.29, 1.82) is 0 Å². The summed E-state index contributed by atoms with van der Waals surface area (Å²) in [5.74, 6) is -1.60. The van der Waals surface area contributed by atoms with Gasteiger partial charge in [0.2, 0.25) is 5.91 Å². The molecule has 118 valence electrons. The highest BCUT2D eigenvalue weighted by Crippen LogP contribution is 2.18. The molecule has 0 aliphatic rings. The predicted octanol–water partition coefficient (Wildman–Crippen LogP) is 2.90. The largest absolute Gasteiger partial charge is 0.478 e. The second-order valence-corrected chi connectivity index (χ2v) is 5.05. The molecule has 0 fully saturated rings. The Morgan fingerprint density at radius 1 is 0.913 bits per heavy atom. The molecule has 0 unspecified atom stereocenters. The molecular formula is C17H16N2O4. The number of carbonyl (C=O) groups is 3. The molecule has 0 saturated heterocycles. The molecule has 6 nitrogen and oxygen atoms in total. The Morgan fingerprint density at radius 2 is 1.52 bits per heavy atom. The lowest BCUT2D eigenvalue weighted by Gasteiger charge is -2.10. The van der Waals surface area contributed by atoms with Gasteiger partial charge in [0.15, 0.2) is 0 Å². The smallest absolute Gasteiger partial charge is 0.335 e. The summed E-state index contributed by atoms with van der Waals surface area (Å²) in [6.07, 6.45) is 0. The molecule has 0 radical (unpaired) electrons. The Hall–Kier alpha value is -3.15. The minimum absolute atomic E-state index is 0.104. The number of rotatable bonds is 4. The van der Waals surface area contributed by atoms with Gasteiger partial charge in [-0.1, -0.05) is 6.07 Å². The van der Waals surface area contributed by atoms with Crippen LogP contribution < -0.4 is 10.6 Å². The fourth-order valence-corrected chi connectivity index (χ4v) is 1.99. The molecule has 0 atom stereocenters. The van der Waals surface area contributed by atoms with Crippen LogP contribution in [0.5, 0.6) is 0 Å². The molecule has 0 aliphatic carbocycles. The Morgan fingerprint density at radius 3 is 2.09 bits per heavy atom. The van der Waals surface area contributed by atoms with Crippen molar-refractivity contribution in [2.24, 2.45) is 0 Å². The predicted molar refractivity (Wildman–Crippen MR) is 86.8 cm³/mol. The first-order valence-electron chi connectivity index (χ1n) is 6.90. The van der Waals surface area contributed by atoms with Crippen LogP contribution in [-0.2, 0) is 4.79 Å². The zero-order valence-corrected chi connectivity index (χ0v) is 12.7. The standard InChI is InChI=1S/C17H16N2O4/c1-10-3-4-13(17(22)23)9-15(10)19-16(21)12-5-7-14(8-6-12)18-11(2)20/h3-9H,1-2H3,(H,18,20)(H,19,21)(H,22,23). The highest BCUT2D eigenvalue weighted by molar-refractivity contribution is 6.05. The number of aromatic carboxylic acids is 1. The van der Waals surface area contributed by atoms with Gasteiger partial charge in [-0.05, 0) is 48.9 Å². The van der Waals surface area contributed by atoms with E-state index in [1.165, 1.54) is 19.1 Å². The van der Waals surface area contributed by atoms with Crippen molar-refractivity contribution >= 4 is 29.2 Å². The van der Waals surface area contributed by atoms with Gasteiger partial charge >= 0.3 is 5.97 Å². The van der Waals surface area contributed by atoms with Crippen LogP contribution in [0.4, 0.5) is 11.4 Å². The average molecular weight is 312 g/mol. The molecule has 0 spiro atoms. The molecule has 0 aliphatic heterocycles. The first-order chi connectivity index (χ1) is 10.9. The third kappa shape index (κ3) is 4.16. The minimum atomic E-state index is -1.06. The van der Waals surface area contributed by atoms with Crippen molar-refractivity contribution in [2.75, 3.05) is 10.6 Å². The van der Waals surface area contributed by atoms with Crippen LogP contribution >= 0.6 is 0 Å². The fraction of sp³-hybridized carbons (Fsp3) is 0.118. The molecular weight excluding hydrogens is 296 g/mol. The summed E-state index contributed by atoms with van der Waals surface area (Å²) in [6, 6.07) is 10.9. The van der Waals surface area contributed by atoms with E-state index in [2.05, 4.69) is 10.6 Å². The normalized spacial score (nSPS) is 10.0. The van der Waals surface area contributed by atoms with Gasteiger partial charge in [-0.3, -0.25) is 9.59 Å². The summed E-state index contributed by atoms with van der Waals surface area (Å²) in [5, 5.41) is 14.3. The van der Waals surface area contributed by atoms with Crippen LogP contribution in [-0.4, -0.2) is 22.9 Å². The number of carbonyl (C=O) groups excluding carboxylic acids is 2. The Labute approximate surface area is 133 Å². The van der Waals surface area contributed by atoms with E-state index in [0.29, 0.717) is 16.9 Å². The number of benzene rings is 2. The maximum atomic E-state index is 12.2. The number of anilines is 2. The molecule has 6 heteroatoms. The lowest BCUT2D eigenvalue weighted by Crippen LogP contribution is -2.14. The van der Waals surface area contributed by atoms with Crippen LogP contribution in [0.1, 0.15) is 33.2 Å². The number of carboxylic acid groups (broad SMARTS) is 1. The topological polar surface area (TPSA) is 95.5 Å². The number of hydrogen-bond donors (Lipinski definition) is 3. The fourth-order valence-electron chi connectivity index (χ4n) is 1.99. The minimum Gasteiger partial charge on any atom is -0.478 e. The van der Waals surface area contributed by atoms with E-state index in [-0.39, 0.29) is 17.4 Å². The lowest BCUT2D eigenvalue weighted by atomic mass is 10.1. The highest BCUT2D eigenvalue weighted by atomic mass is 16.4. The number of hydrogen-bond acceptors (Lipinski definition) is 3. The maximum Gasteiger partial charge on any atom is 0.335 e. The van der Waals surface area contributed by atoms with Gasteiger partial charge in [0.1, 0.15) is 0 Å². The van der Waals surface area contributed by atoms with E-state index in [0.717, 1.165) is 5.56 Å². The number of carboxylic acids is 1. The van der Waals surface area contributed by atoms with Gasteiger partial charge < -0.3 is 15.7 Å². The van der Waals surface area contributed by atoms with E-state index in [4.69, 9.17) is 5.11 Å². The van der Waals surface area contributed by atoms with Crippen molar-refractivity contribution in [3.8, 4) is 0 Å². The summed E-state index contributed by atoms with van der Waals surface area (Å²) < 4.78 is 0. The van der Waals surface area contributed by atoms with Crippen molar-refractivity contribution in [3.05, 3.63) is 59.2 Å². The van der Waals surface area contributed by atoms with Gasteiger partial charge in [0.25, 0.3) is 5.91 Å². The summed E-state index contributed by atoms with van der Waals surface area (Å²) in [7, 11) is 0. The molecule has 2 amide bonds. The van der Waals surface area contributed by atoms with Crippen LogP contribution in [0.15, 0.2) is 42.5 Å². The number of aryl methyl sites for hydroxylation is 1. The van der Waals surface area contributed by atoms with Crippen LogP contribution in [0.25, 0.3) is 0 Å². The highest BCUT2D eigenvalue weighted by Gasteiger charge is 2.11. The molecule has 23 heavy (non-hydrogen) atoms. The van der Waals surface area contributed by atoms with Gasteiger partial charge in [-0.2, -0.15) is 0 Å². The van der Waals surface area contributed by atoms with Crippen molar-refractivity contribution in [2.45, 2.75) is 13.8 Å². The lowest BCUT2D eigenvalue weighted by molar-refractivity contribution is -0.114. The van der Waals surface area contributed by atoms with Gasteiger partial charge in [0, 0.05) is 23.9 Å². The van der Waals surface area contributed by atoms with Crippen molar-refractivity contribution < 1.29 is 19.5 Å². The maximum absolute atomic E-state index is 12.2. The van der Waals surface area contributed by atoms with Gasteiger partial charge in [0.05, 0.1) is 5.56 Å². The summed E-state index contributed by atoms with van der Waals surface area (Å²) in [6.45, 7) is 3.18. The molecule has 0 heterocycles. The van der Waals surface area contributed by atoms with E-state index in [1.807, 2.05) is 0 Å². The third-order valence-electron chi connectivity index (χ3n) is 3.20. The molecule has 0 saturated carbocycles. The quantitative estimate of drug-likeness (QED) is 0.809. The summed E-state index contributed by atoms with van der Waals surface area (Å²) in [4.78, 5) is 34.2. The van der Waals surface area contributed by atoms with Crippen LogP contribution in [0, 0.1) is 6.92 Å². The van der Waals surface area contributed by atoms with Gasteiger partial charge in [-0.25, -0.2) is 4.79 Å². The zero-order chi connectivity index (χ0) is 17.0. The Kier molecular flexibility index (Phi) is 4.75. The second-order valence-electron chi connectivity index (χ2n) is 5.05. The van der Waals surface area contributed by atoms with Gasteiger partial charge in [-0.15, -0.1) is 0 Å². The first-order valence-corrected chi connectivity index (χ1v) is 6.90. The van der Waals surface area contributed by atoms with Crippen LogP contribution in [0.2, 0.25) is 0 Å². The van der Waals surface area contributed by atoms with E-state index in [9.17, 15) is 14.4 Å². The van der Waals surface area contributed by atoms with E-state index in [1.54, 1.807) is 37.3 Å². The molecule has 0 aromatic heterocycles. The summed E-state index contributed by atoms with van der Waals surface area (Å²) in [5.41, 5.74) is 2.31. The Bertz CT molecular complexity index is 767. The average Bonchev–Trinajstić information content (AvgIpc) is 2.49.